The number of rotatable bonds is 9. The second-order valence-electron chi connectivity index (χ2n) is 8.48. The summed E-state index contributed by atoms with van der Waals surface area (Å²) in [6.45, 7) is 1.80. The molecule has 1 unspecified atom stereocenters. The second kappa shape index (κ2) is 11.2. The van der Waals surface area contributed by atoms with Gasteiger partial charge in [-0.3, -0.25) is 19.6 Å². The number of aromatic amines is 1. The average Bonchev–Trinajstić information content (AvgIpc) is 3.58. The van der Waals surface area contributed by atoms with Gasteiger partial charge in [-0.15, -0.1) is 28.2 Å². The maximum Gasteiger partial charge on any atom is 0.352 e. The summed E-state index contributed by atoms with van der Waals surface area (Å²) < 4.78 is 0. The number of carbonyl (C=O) groups is 3. The van der Waals surface area contributed by atoms with Crippen LogP contribution in [0.4, 0.5) is 5.13 Å². The number of nitrogens with one attached hydrogen (secondary N) is 2. The Morgan fingerprint density at radius 1 is 1.35 bits per heavy atom. The molecule has 208 valence electrons. The van der Waals surface area contributed by atoms with Gasteiger partial charge in [-0.2, -0.15) is 0 Å². The Morgan fingerprint density at radius 2 is 2.12 bits per heavy atom. The molecule has 0 saturated carbocycles. The Hall–Kier alpha value is -4.09. The van der Waals surface area contributed by atoms with Crippen molar-refractivity contribution in [3.8, 4) is 17.1 Å². The monoisotopic (exact) mass is 602 g/mol. The van der Waals surface area contributed by atoms with Gasteiger partial charge < -0.3 is 26.1 Å². The van der Waals surface area contributed by atoms with E-state index < -0.39 is 34.4 Å². The number of nitrogens with two attached hydrogens (primary N) is 1. The molecule has 3 atom stereocenters. The minimum Gasteiger partial charge on any atom is -0.507 e. The van der Waals surface area contributed by atoms with Crippen molar-refractivity contribution in [2.24, 2.45) is 5.16 Å². The largest absolute Gasteiger partial charge is 0.507 e. The van der Waals surface area contributed by atoms with Gasteiger partial charge in [0.2, 0.25) is 5.16 Å². The number of carboxylic acids is 1. The van der Waals surface area contributed by atoms with Crippen molar-refractivity contribution in [2.75, 3.05) is 18.6 Å². The van der Waals surface area contributed by atoms with Crippen LogP contribution in [-0.4, -0.2) is 88.3 Å². The lowest BCUT2D eigenvalue weighted by Gasteiger charge is -2.49. The summed E-state index contributed by atoms with van der Waals surface area (Å²) in [4.78, 5) is 52.8. The highest BCUT2D eigenvalue weighted by Crippen LogP contribution is 2.43. The number of thioether (sulfide) groups is 2. The maximum atomic E-state index is 13.1. The number of anilines is 1. The van der Waals surface area contributed by atoms with E-state index in [-0.39, 0.29) is 28.0 Å². The van der Waals surface area contributed by atoms with Gasteiger partial charge in [0, 0.05) is 16.4 Å². The van der Waals surface area contributed by atoms with E-state index >= 15 is 0 Å². The molecule has 0 spiro atoms. The first-order valence-electron chi connectivity index (χ1n) is 11.6. The first kappa shape index (κ1) is 27.5. The summed E-state index contributed by atoms with van der Waals surface area (Å²) in [6.07, 6.45) is 0. The molecule has 2 aliphatic rings. The quantitative estimate of drug-likeness (QED) is 0.102. The molecule has 4 heterocycles. The maximum absolute atomic E-state index is 13.1. The highest BCUT2D eigenvalue weighted by Gasteiger charge is 2.55. The zero-order valence-corrected chi connectivity index (χ0v) is 23.3. The average molecular weight is 603 g/mol. The van der Waals surface area contributed by atoms with Gasteiger partial charge in [-0.1, -0.05) is 29.1 Å². The Labute approximate surface area is 239 Å². The predicted octanol–water partition coefficient (Wildman–Crippen LogP) is 1.49. The lowest BCUT2D eigenvalue weighted by Crippen LogP contribution is -2.71. The van der Waals surface area contributed by atoms with Crippen molar-refractivity contribution in [1.29, 1.82) is 0 Å². The van der Waals surface area contributed by atoms with Crippen LogP contribution in [0.2, 0.25) is 0 Å². The second-order valence-corrected chi connectivity index (χ2v) is 11.8. The van der Waals surface area contributed by atoms with Crippen LogP contribution >= 0.6 is 34.9 Å². The number of benzene rings is 1. The number of H-pyrrole nitrogens is 1. The van der Waals surface area contributed by atoms with E-state index in [0.717, 1.165) is 11.3 Å². The zero-order chi connectivity index (χ0) is 28.6. The molecule has 2 aliphatic heterocycles. The fourth-order valence-corrected chi connectivity index (χ4v) is 7.20. The molecule has 5 rings (SSSR count). The highest BCUT2D eigenvalue weighted by molar-refractivity contribution is 8.01. The molecule has 1 fully saturated rings. The number of aromatic hydroxyl groups is 1. The molecule has 2 aromatic heterocycles. The van der Waals surface area contributed by atoms with Crippen molar-refractivity contribution in [3.05, 3.63) is 46.6 Å². The number of nitrogen functional groups attached to an aromatic ring is 1. The standard InChI is InChI=1S/C23H22N8O6S3/c1-9(40-23-27-17(28-29-23)10-5-3-4-6-13(10)32)11-7-38-20-15(19(34)31(20)16(11)21(35)36)26-18(33)14(30-37-2)12-8-39-22(24)25-12/h3-6,8-9,15,20,32H,7H2,1-2H3,(H2,24,25)(H,26,33)(H,35,36)(H,27,28,29)/t9?,15-,20+/m1/s1. The van der Waals surface area contributed by atoms with Gasteiger partial charge in [0.15, 0.2) is 16.7 Å². The third kappa shape index (κ3) is 5.09. The number of para-hydroxylation sites is 1. The molecule has 3 aromatic rings. The number of hydrogen-bond donors (Lipinski definition) is 5. The van der Waals surface area contributed by atoms with Crippen LogP contribution in [0.3, 0.4) is 0 Å². The number of phenols is 1. The number of β-lactam (4-membered cyclic amide) rings is 1. The van der Waals surface area contributed by atoms with Gasteiger partial charge in [0.25, 0.3) is 11.8 Å². The SMILES string of the molecule is CON=C(C(=O)N[C@@H]1C(=O)N2C(C(=O)O)=C(C(C)Sc3n[nH]c(-c4ccccc4O)n3)CS[C@@H]12)c1csc(N)n1. The first-order chi connectivity index (χ1) is 19.2. The predicted molar refractivity (Wildman–Crippen MR) is 149 cm³/mol. The van der Waals surface area contributed by atoms with Crippen LogP contribution in [0, 0.1) is 0 Å². The Kier molecular flexibility index (Phi) is 7.68. The van der Waals surface area contributed by atoms with E-state index in [4.69, 9.17) is 10.6 Å². The number of thiazole rings is 1. The van der Waals surface area contributed by atoms with E-state index in [0.29, 0.717) is 27.9 Å². The van der Waals surface area contributed by atoms with Crippen LogP contribution < -0.4 is 11.1 Å². The summed E-state index contributed by atoms with van der Waals surface area (Å²) in [7, 11) is 1.27. The Bertz CT molecular complexity index is 1550. The summed E-state index contributed by atoms with van der Waals surface area (Å²) in [5.74, 6) is -1.81. The van der Waals surface area contributed by atoms with E-state index in [1.807, 2.05) is 0 Å². The van der Waals surface area contributed by atoms with Gasteiger partial charge in [-0.05, 0) is 24.6 Å². The summed E-state index contributed by atoms with van der Waals surface area (Å²) in [6, 6.07) is 5.71. The topological polar surface area (TPSA) is 209 Å². The minimum absolute atomic E-state index is 0.0445. The molecule has 6 N–H and O–H groups in total. The summed E-state index contributed by atoms with van der Waals surface area (Å²) >= 11 is 3.67. The third-order valence-corrected chi connectivity index (χ3v) is 9.05. The number of carbonyl (C=O) groups excluding carboxylic acids is 2. The molecule has 40 heavy (non-hydrogen) atoms. The molecule has 0 bridgehead atoms. The normalized spacial score (nSPS) is 19.6. The Balaban J connectivity index is 1.32. The van der Waals surface area contributed by atoms with E-state index in [9.17, 15) is 24.6 Å². The van der Waals surface area contributed by atoms with Crippen LogP contribution in [0.15, 0.2) is 51.2 Å². The molecule has 1 saturated heterocycles. The lowest BCUT2D eigenvalue weighted by molar-refractivity contribution is -0.150. The molecular weight excluding hydrogens is 581 g/mol. The van der Waals surface area contributed by atoms with Crippen LogP contribution in [-0.2, 0) is 19.2 Å². The fraction of sp³-hybridized carbons (Fsp3) is 0.261. The number of hydrogen-bond acceptors (Lipinski definition) is 13. The highest BCUT2D eigenvalue weighted by atomic mass is 32.2. The van der Waals surface area contributed by atoms with Crippen molar-refractivity contribution < 1.29 is 29.4 Å². The molecule has 0 aliphatic carbocycles. The number of carboxylic acid groups (broad SMARTS) is 1. The van der Waals surface area contributed by atoms with Crippen molar-refractivity contribution in [2.45, 2.75) is 28.7 Å². The van der Waals surface area contributed by atoms with Crippen LogP contribution in [0.1, 0.15) is 12.6 Å². The van der Waals surface area contributed by atoms with E-state index in [1.165, 1.54) is 47.0 Å². The Morgan fingerprint density at radius 3 is 2.80 bits per heavy atom. The van der Waals surface area contributed by atoms with Gasteiger partial charge in [0.05, 0.1) is 5.56 Å². The number of nitrogens with zero attached hydrogens (tertiary/aromatic N) is 5. The minimum atomic E-state index is -1.25. The molecule has 1 aromatic carbocycles. The molecule has 14 nitrogen and oxygen atoms in total. The zero-order valence-electron chi connectivity index (χ0n) is 20.9. The molecular formula is C23H22N8O6S3. The number of amides is 2. The van der Waals surface area contributed by atoms with Gasteiger partial charge >= 0.3 is 5.97 Å². The number of aromatic nitrogens is 4. The lowest BCUT2D eigenvalue weighted by atomic mass is 10.0. The number of aliphatic carboxylic acids is 1. The number of fused-ring (bicyclic) bond motifs is 1. The van der Waals surface area contributed by atoms with Crippen molar-refractivity contribution >= 4 is 63.5 Å². The molecule has 2 amide bonds. The fourth-order valence-electron chi connectivity index (χ4n) is 4.18. The van der Waals surface area contributed by atoms with Crippen LogP contribution in [0.5, 0.6) is 5.75 Å². The van der Waals surface area contributed by atoms with E-state index in [1.54, 1.807) is 25.1 Å². The molecule has 17 heteroatoms. The van der Waals surface area contributed by atoms with Crippen LogP contribution in [0.25, 0.3) is 11.4 Å². The van der Waals surface area contributed by atoms with Crippen molar-refractivity contribution in [3.63, 3.8) is 0 Å². The van der Waals surface area contributed by atoms with Crippen molar-refractivity contribution in [1.82, 2.24) is 30.4 Å². The third-order valence-electron chi connectivity index (χ3n) is 6.05. The number of phenolic OH excluding ortho intramolecular Hbond substituents is 1. The van der Waals surface area contributed by atoms with E-state index in [2.05, 4.69) is 30.6 Å². The smallest absolute Gasteiger partial charge is 0.352 e. The summed E-state index contributed by atoms with van der Waals surface area (Å²) in [5.41, 5.74) is 6.56. The van der Waals surface area contributed by atoms with Gasteiger partial charge in [0.1, 0.15) is 35.7 Å². The van der Waals surface area contributed by atoms with Gasteiger partial charge in [-0.25, -0.2) is 14.8 Å². The number of oxime groups is 1. The summed E-state index contributed by atoms with van der Waals surface area (Å²) in [5, 5.41) is 34.5. The molecule has 0 radical (unpaired) electrons. The first-order valence-corrected chi connectivity index (χ1v) is 14.4.